The second kappa shape index (κ2) is 5.33. The van der Waals surface area contributed by atoms with E-state index in [9.17, 15) is 14.9 Å². The van der Waals surface area contributed by atoms with Crippen LogP contribution in [-0.4, -0.2) is 12.0 Å². The summed E-state index contributed by atoms with van der Waals surface area (Å²) in [6.07, 6.45) is 0. The number of ether oxygens (including phenoxy) is 1. The topological polar surface area (TPSA) is 82.6 Å². The molecule has 1 aromatic heterocycles. The first kappa shape index (κ1) is 13.8. The molecule has 0 radical (unpaired) electrons. The molecule has 110 valence electrons. The van der Waals surface area contributed by atoms with Gasteiger partial charge in [-0.3, -0.25) is 10.1 Å². The van der Waals surface area contributed by atoms with E-state index >= 15 is 0 Å². The van der Waals surface area contributed by atoms with Crippen molar-refractivity contribution in [3.8, 4) is 16.9 Å². The van der Waals surface area contributed by atoms with Gasteiger partial charge in [-0.25, -0.2) is 4.79 Å². The molecule has 0 N–H and O–H groups in total. The van der Waals surface area contributed by atoms with E-state index in [1.54, 1.807) is 36.4 Å². The van der Waals surface area contributed by atoms with Gasteiger partial charge in [-0.2, -0.15) is 0 Å². The molecule has 0 aliphatic rings. The lowest BCUT2D eigenvalue weighted by Crippen LogP contribution is -2.04. The molecule has 0 fully saturated rings. The van der Waals surface area contributed by atoms with Crippen molar-refractivity contribution in [2.45, 2.75) is 0 Å². The van der Waals surface area contributed by atoms with Crippen LogP contribution >= 0.6 is 0 Å². The third kappa shape index (κ3) is 2.31. The van der Waals surface area contributed by atoms with Crippen LogP contribution < -0.4 is 10.4 Å². The first-order chi connectivity index (χ1) is 10.6. The molecule has 0 amide bonds. The number of nitro benzene ring substituents is 1. The Bertz CT molecular complexity index is 929. The van der Waals surface area contributed by atoms with Crippen molar-refractivity contribution in [3.63, 3.8) is 0 Å². The van der Waals surface area contributed by atoms with Crippen molar-refractivity contribution in [2.75, 3.05) is 7.11 Å². The number of para-hydroxylation sites is 1. The number of hydrogen-bond donors (Lipinski definition) is 0. The molecule has 0 aliphatic carbocycles. The molecule has 6 heteroatoms. The lowest BCUT2D eigenvalue weighted by molar-refractivity contribution is -0.384. The molecule has 6 nitrogen and oxygen atoms in total. The largest absolute Gasteiger partial charge is 0.497 e. The van der Waals surface area contributed by atoms with E-state index in [1.807, 2.05) is 0 Å². The van der Waals surface area contributed by atoms with Crippen LogP contribution in [0.4, 0.5) is 5.69 Å². The minimum absolute atomic E-state index is 0.146. The van der Waals surface area contributed by atoms with Gasteiger partial charge < -0.3 is 9.15 Å². The van der Waals surface area contributed by atoms with Gasteiger partial charge in [0.15, 0.2) is 0 Å². The van der Waals surface area contributed by atoms with E-state index in [2.05, 4.69) is 0 Å². The zero-order valence-electron chi connectivity index (χ0n) is 11.6. The first-order valence-electron chi connectivity index (χ1n) is 6.46. The standard InChI is InChI=1S/C16H11NO5/c1-21-11-6-7-12(14(9-11)17(19)20)13-8-10-4-2-3-5-15(10)22-16(13)18/h2-9H,1H3. The van der Waals surface area contributed by atoms with E-state index < -0.39 is 10.5 Å². The van der Waals surface area contributed by atoms with Gasteiger partial charge in [0, 0.05) is 5.39 Å². The normalized spacial score (nSPS) is 10.6. The number of methoxy groups -OCH3 is 1. The van der Waals surface area contributed by atoms with Crippen molar-refractivity contribution >= 4 is 16.7 Å². The van der Waals surface area contributed by atoms with Gasteiger partial charge in [0.2, 0.25) is 0 Å². The van der Waals surface area contributed by atoms with Gasteiger partial charge in [-0.05, 0) is 24.3 Å². The fraction of sp³-hybridized carbons (Fsp3) is 0.0625. The maximum absolute atomic E-state index is 12.1. The summed E-state index contributed by atoms with van der Waals surface area (Å²) in [6.45, 7) is 0. The van der Waals surface area contributed by atoms with Crippen molar-refractivity contribution in [1.82, 2.24) is 0 Å². The Balaban J connectivity index is 2.29. The Morgan fingerprint density at radius 2 is 1.86 bits per heavy atom. The second-order valence-corrected chi connectivity index (χ2v) is 4.63. The average molecular weight is 297 g/mol. The van der Waals surface area contributed by atoms with Crippen molar-refractivity contribution in [2.24, 2.45) is 0 Å². The number of nitro groups is 1. The molecular formula is C16H11NO5. The fourth-order valence-electron chi connectivity index (χ4n) is 2.27. The quantitative estimate of drug-likeness (QED) is 0.420. The highest BCUT2D eigenvalue weighted by atomic mass is 16.6. The lowest BCUT2D eigenvalue weighted by Gasteiger charge is -2.05. The Morgan fingerprint density at radius 1 is 1.09 bits per heavy atom. The van der Waals surface area contributed by atoms with E-state index in [1.165, 1.54) is 19.2 Å². The predicted molar refractivity (Wildman–Crippen MR) is 81.1 cm³/mol. The van der Waals surface area contributed by atoms with E-state index in [4.69, 9.17) is 9.15 Å². The minimum atomic E-state index is -0.619. The molecule has 3 rings (SSSR count). The van der Waals surface area contributed by atoms with Gasteiger partial charge in [-0.15, -0.1) is 0 Å². The molecule has 1 heterocycles. The van der Waals surface area contributed by atoms with E-state index in [0.29, 0.717) is 16.7 Å². The van der Waals surface area contributed by atoms with Crippen molar-refractivity contribution in [3.05, 3.63) is 69.1 Å². The Hall–Kier alpha value is -3.15. The summed E-state index contributed by atoms with van der Waals surface area (Å²) in [5.41, 5.74) is -0.0420. The Labute approximate surface area is 124 Å². The number of nitrogens with zero attached hydrogens (tertiary/aromatic N) is 1. The molecule has 2 aromatic carbocycles. The highest BCUT2D eigenvalue weighted by Crippen LogP contribution is 2.32. The molecule has 0 saturated carbocycles. The van der Waals surface area contributed by atoms with Crippen LogP contribution in [0, 0.1) is 10.1 Å². The van der Waals surface area contributed by atoms with Crippen molar-refractivity contribution in [1.29, 1.82) is 0 Å². The monoisotopic (exact) mass is 297 g/mol. The zero-order valence-corrected chi connectivity index (χ0v) is 11.6. The summed E-state index contributed by atoms with van der Waals surface area (Å²) in [7, 11) is 1.42. The minimum Gasteiger partial charge on any atom is -0.497 e. The number of hydrogen-bond acceptors (Lipinski definition) is 5. The van der Waals surface area contributed by atoms with Crippen LogP contribution in [0.3, 0.4) is 0 Å². The fourth-order valence-corrected chi connectivity index (χ4v) is 2.27. The first-order valence-corrected chi connectivity index (χ1v) is 6.46. The smallest absolute Gasteiger partial charge is 0.344 e. The molecule has 22 heavy (non-hydrogen) atoms. The molecule has 3 aromatic rings. The Morgan fingerprint density at radius 3 is 2.59 bits per heavy atom. The number of rotatable bonds is 3. The molecule has 0 unspecified atom stereocenters. The van der Waals surface area contributed by atoms with Gasteiger partial charge in [-0.1, -0.05) is 18.2 Å². The van der Waals surface area contributed by atoms with Crippen LogP contribution in [0.2, 0.25) is 0 Å². The van der Waals surface area contributed by atoms with Gasteiger partial charge >= 0.3 is 5.63 Å². The SMILES string of the molecule is COc1ccc(-c2cc3ccccc3oc2=O)c([N+](=O)[O-])c1. The third-order valence-electron chi connectivity index (χ3n) is 3.33. The lowest BCUT2D eigenvalue weighted by atomic mass is 10.0. The van der Waals surface area contributed by atoms with E-state index in [-0.39, 0.29) is 16.8 Å². The second-order valence-electron chi connectivity index (χ2n) is 4.63. The van der Waals surface area contributed by atoms with Crippen LogP contribution in [0.15, 0.2) is 57.7 Å². The van der Waals surface area contributed by atoms with Gasteiger partial charge in [0.25, 0.3) is 5.69 Å². The molecular weight excluding hydrogens is 286 g/mol. The predicted octanol–water partition coefficient (Wildman–Crippen LogP) is 3.38. The van der Waals surface area contributed by atoms with Crippen LogP contribution in [0.1, 0.15) is 0 Å². The maximum Gasteiger partial charge on any atom is 0.344 e. The molecule has 0 aliphatic heterocycles. The summed E-state index contributed by atoms with van der Waals surface area (Å²) < 4.78 is 10.2. The van der Waals surface area contributed by atoms with E-state index in [0.717, 1.165) is 0 Å². The summed E-state index contributed by atoms with van der Waals surface area (Å²) in [5, 5.41) is 12.0. The molecule has 0 bridgehead atoms. The maximum atomic E-state index is 12.1. The average Bonchev–Trinajstić information content (AvgIpc) is 2.53. The molecule has 0 atom stereocenters. The highest BCUT2D eigenvalue weighted by molar-refractivity contribution is 5.84. The van der Waals surface area contributed by atoms with Crippen molar-refractivity contribution < 1.29 is 14.1 Å². The zero-order chi connectivity index (χ0) is 15.7. The summed E-state index contributed by atoms with van der Waals surface area (Å²) in [5.74, 6) is 0.348. The molecule has 0 spiro atoms. The highest BCUT2D eigenvalue weighted by Gasteiger charge is 2.20. The summed E-state index contributed by atoms with van der Waals surface area (Å²) >= 11 is 0. The Kier molecular flexibility index (Phi) is 3.34. The summed E-state index contributed by atoms with van der Waals surface area (Å²) in [6, 6.07) is 12.9. The van der Waals surface area contributed by atoms with Crippen LogP contribution in [0.5, 0.6) is 5.75 Å². The van der Waals surface area contributed by atoms with Crippen LogP contribution in [-0.2, 0) is 0 Å². The third-order valence-corrected chi connectivity index (χ3v) is 3.33. The van der Waals surface area contributed by atoms with Gasteiger partial charge in [0.1, 0.15) is 11.3 Å². The number of fused-ring (bicyclic) bond motifs is 1. The number of benzene rings is 2. The van der Waals surface area contributed by atoms with Gasteiger partial charge in [0.05, 0.1) is 29.2 Å². The summed E-state index contributed by atoms with van der Waals surface area (Å²) in [4.78, 5) is 22.8. The molecule has 0 saturated heterocycles. The van der Waals surface area contributed by atoms with Crippen LogP contribution in [0.25, 0.3) is 22.1 Å².